The quantitative estimate of drug-likeness (QED) is 0.741. The van der Waals surface area contributed by atoms with E-state index in [4.69, 9.17) is 4.52 Å². The molecule has 0 unspecified atom stereocenters. The third kappa shape index (κ3) is 2.05. The van der Waals surface area contributed by atoms with Gasteiger partial charge in [-0.3, -0.25) is 0 Å². The lowest BCUT2D eigenvalue weighted by atomic mass is 10.1. The lowest BCUT2D eigenvalue weighted by molar-refractivity contribution is 0.380. The lowest BCUT2D eigenvalue weighted by Crippen LogP contribution is -1.96. The second kappa shape index (κ2) is 3.96. The molecule has 0 N–H and O–H groups in total. The number of hydrogen-bond acceptors (Lipinski definition) is 3. The summed E-state index contributed by atoms with van der Waals surface area (Å²) in [6, 6.07) is 1.80. The molecule has 84 valence electrons. The summed E-state index contributed by atoms with van der Waals surface area (Å²) >= 11 is 0. The molecular formula is C10H7F3N2O. The topological polar surface area (TPSA) is 38.9 Å². The van der Waals surface area contributed by atoms with Gasteiger partial charge in [0.25, 0.3) is 0 Å². The van der Waals surface area contributed by atoms with Gasteiger partial charge in [-0.05, 0) is 24.6 Å². The highest BCUT2D eigenvalue weighted by molar-refractivity contribution is 5.21. The largest absolute Gasteiger partial charge is 0.339 e. The summed E-state index contributed by atoms with van der Waals surface area (Å²) < 4.78 is 43.2. The normalized spacial score (nSPS) is 10.8. The first-order valence-corrected chi connectivity index (χ1v) is 4.49. The van der Waals surface area contributed by atoms with E-state index in [9.17, 15) is 13.2 Å². The van der Waals surface area contributed by atoms with E-state index in [1.807, 2.05) is 0 Å². The van der Waals surface area contributed by atoms with Gasteiger partial charge in [0.15, 0.2) is 23.3 Å². The summed E-state index contributed by atoms with van der Waals surface area (Å²) in [5.41, 5.74) is 0.236. The van der Waals surface area contributed by atoms with Gasteiger partial charge in [-0.2, -0.15) is 4.98 Å². The van der Waals surface area contributed by atoms with Crippen molar-refractivity contribution >= 4 is 0 Å². The maximum atomic E-state index is 12.9. The van der Waals surface area contributed by atoms with E-state index >= 15 is 0 Å². The van der Waals surface area contributed by atoms with Gasteiger partial charge < -0.3 is 4.52 Å². The van der Waals surface area contributed by atoms with Crippen LogP contribution in [0.5, 0.6) is 0 Å². The minimum absolute atomic E-state index is 0.0644. The van der Waals surface area contributed by atoms with Crippen LogP contribution in [0.15, 0.2) is 16.7 Å². The second-order valence-corrected chi connectivity index (χ2v) is 3.29. The number of hydrogen-bond donors (Lipinski definition) is 0. The Morgan fingerprint density at radius 2 is 1.81 bits per heavy atom. The highest BCUT2D eigenvalue weighted by atomic mass is 19.2. The van der Waals surface area contributed by atoms with Crippen LogP contribution in [0.4, 0.5) is 13.2 Å². The molecule has 0 aliphatic carbocycles. The van der Waals surface area contributed by atoms with E-state index in [1.54, 1.807) is 6.92 Å². The van der Waals surface area contributed by atoms with Crippen LogP contribution in [-0.4, -0.2) is 10.1 Å². The summed E-state index contributed by atoms with van der Waals surface area (Å²) in [7, 11) is 0. The average molecular weight is 228 g/mol. The molecule has 1 aromatic carbocycles. The van der Waals surface area contributed by atoms with Gasteiger partial charge in [-0.25, -0.2) is 13.2 Å². The van der Waals surface area contributed by atoms with Gasteiger partial charge in [0.2, 0.25) is 5.89 Å². The summed E-state index contributed by atoms with van der Waals surface area (Å²) in [5.74, 6) is -3.29. The first-order chi connectivity index (χ1) is 7.56. The zero-order chi connectivity index (χ0) is 11.7. The number of benzene rings is 1. The van der Waals surface area contributed by atoms with E-state index in [2.05, 4.69) is 10.1 Å². The fourth-order valence-corrected chi connectivity index (χ4v) is 1.30. The minimum Gasteiger partial charge on any atom is -0.339 e. The molecular weight excluding hydrogens is 221 g/mol. The van der Waals surface area contributed by atoms with Crippen LogP contribution in [0.3, 0.4) is 0 Å². The minimum atomic E-state index is -1.48. The van der Waals surface area contributed by atoms with Crippen molar-refractivity contribution in [2.24, 2.45) is 0 Å². The Balaban J connectivity index is 2.28. The molecule has 0 saturated carbocycles. The molecule has 0 radical (unpaired) electrons. The number of nitrogens with zero attached hydrogens (tertiary/aromatic N) is 2. The third-order valence-corrected chi connectivity index (χ3v) is 1.97. The molecule has 2 aromatic rings. The summed E-state index contributed by atoms with van der Waals surface area (Å²) in [6.45, 7) is 1.62. The van der Waals surface area contributed by atoms with Gasteiger partial charge in [0.05, 0.1) is 6.42 Å². The average Bonchev–Trinajstić information content (AvgIpc) is 2.60. The number of aromatic nitrogens is 2. The van der Waals surface area contributed by atoms with Gasteiger partial charge in [-0.15, -0.1) is 0 Å². The van der Waals surface area contributed by atoms with Crippen LogP contribution < -0.4 is 0 Å². The predicted octanol–water partition coefficient (Wildman–Crippen LogP) is 2.39. The van der Waals surface area contributed by atoms with Gasteiger partial charge >= 0.3 is 0 Å². The fourth-order valence-electron chi connectivity index (χ4n) is 1.30. The standard InChI is InChI=1S/C10H7F3N2O/c1-5-14-9(16-15-5)4-6-2-7(11)10(13)8(12)3-6/h2-3H,4H2,1H3. The molecule has 1 heterocycles. The van der Waals surface area contributed by atoms with Crippen molar-refractivity contribution in [3.63, 3.8) is 0 Å². The first kappa shape index (κ1) is 10.7. The molecule has 0 aliphatic heterocycles. The molecule has 1 aromatic heterocycles. The molecule has 0 aliphatic rings. The Bertz CT molecular complexity index is 502. The van der Waals surface area contributed by atoms with Gasteiger partial charge in [-0.1, -0.05) is 5.16 Å². The third-order valence-electron chi connectivity index (χ3n) is 1.97. The van der Waals surface area contributed by atoms with Crippen molar-refractivity contribution in [2.75, 3.05) is 0 Å². The summed E-state index contributed by atoms with van der Waals surface area (Å²) in [4.78, 5) is 3.87. The molecule has 0 fully saturated rings. The maximum Gasteiger partial charge on any atom is 0.231 e. The molecule has 16 heavy (non-hydrogen) atoms. The Kier molecular flexibility index (Phi) is 2.64. The monoisotopic (exact) mass is 228 g/mol. The highest BCUT2D eigenvalue weighted by Gasteiger charge is 2.12. The lowest BCUT2D eigenvalue weighted by Gasteiger charge is -1.99. The molecule has 2 rings (SSSR count). The first-order valence-electron chi connectivity index (χ1n) is 4.49. The van der Waals surface area contributed by atoms with Crippen molar-refractivity contribution in [1.29, 1.82) is 0 Å². The zero-order valence-corrected chi connectivity index (χ0v) is 8.30. The van der Waals surface area contributed by atoms with Crippen LogP contribution in [0.2, 0.25) is 0 Å². The SMILES string of the molecule is Cc1noc(Cc2cc(F)c(F)c(F)c2)n1. The Morgan fingerprint density at radius 3 is 2.31 bits per heavy atom. The summed E-state index contributed by atoms with van der Waals surface area (Å²) in [6.07, 6.45) is 0.0644. The predicted molar refractivity (Wildman–Crippen MR) is 48.2 cm³/mol. The van der Waals surface area contributed by atoms with Crippen LogP contribution in [0, 0.1) is 24.4 Å². The molecule has 0 atom stereocenters. The van der Waals surface area contributed by atoms with Crippen molar-refractivity contribution in [1.82, 2.24) is 10.1 Å². The van der Waals surface area contributed by atoms with Crippen molar-refractivity contribution < 1.29 is 17.7 Å². The van der Waals surface area contributed by atoms with Crippen LogP contribution in [0.25, 0.3) is 0 Å². The summed E-state index contributed by atoms with van der Waals surface area (Å²) in [5, 5.41) is 3.53. The van der Waals surface area contributed by atoms with Crippen molar-refractivity contribution in [2.45, 2.75) is 13.3 Å². The van der Waals surface area contributed by atoms with E-state index < -0.39 is 17.5 Å². The number of halogens is 3. The van der Waals surface area contributed by atoms with E-state index in [-0.39, 0.29) is 17.9 Å². The number of rotatable bonds is 2. The van der Waals surface area contributed by atoms with Crippen LogP contribution in [-0.2, 0) is 6.42 Å². The Morgan fingerprint density at radius 1 is 1.19 bits per heavy atom. The van der Waals surface area contributed by atoms with E-state index in [1.165, 1.54) is 0 Å². The van der Waals surface area contributed by atoms with E-state index in [0.717, 1.165) is 12.1 Å². The number of aryl methyl sites for hydroxylation is 1. The molecule has 0 saturated heterocycles. The molecule has 0 bridgehead atoms. The van der Waals surface area contributed by atoms with Gasteiger partial charge in [0, 0.05) is 0 Å². The molecule has 0 spiro atoms. The maximum absolute atomic E-state index is 12.9. The Hall–Kier alpha value is -1.85. The second-order valence-electron chi connectivity index (χ2n) is 3.29. The van der Waals surface area contributed by atoms with Gasteiger partial charge in [0.1, 0.15) is 0 Å². The molecule has 6 heteroatoms. The fraction of sp³-hybridized carbons (Fsp3) is 0.200. The Labute approximate surface area is 88.9 Å². The van der Waals surface area contributed by atoms with Crippen molar-refractivity contribution in [3.8, 4) is 0 Å². The van der Waals surface area contributed by atoms with E-state index in [0.29, 0.717) is 5.82 Å². The van der Waals surface area contributed by atoms with Crippen LogP contribution >= 0.6 is 0 Å². The molecule has 3 nitrogen and oxygen atoms in total. The smallest absolute Gasteiger partial charge is 0.231 e. The highest BCUT2D eigenvalue weighted by Crippen LogP contribution is 2.15. The molecule has 0 amide bonds. The van der Waals surface area contributed by atoms with Crippen LogP contribution in [0.1, 0.15) is 17.3 Å². The zero-order valence-electron chi connectivity index (χ0n) is 8.30. The van der Waals surface area contributed by atoms with Crippen molar-refractivity contribution in [3.05, 3.63) is 46.9 Å².